The third-order valence-corrected chi connectivity index (χ3v) is 15.2. The molecule has 13 aromatic rings. The van der Waals surface area contributed by atoms with Crippen molar-refractivity contribution in [1.29, 1.82) is 0 Å². The lowest BCUT2D eigenvalue weighted by molar-refractivity contribution is 0.543. The maximum atomic E-state index is 7.36. The van der Waals surface area contributed by atoms with E-state index in [1.165, 1.54) is 5.69 Å². The molecule has 11 nitrogen and oxygen atoms in total. The molecule has 0 saturated carbocycles. The Labute approximate surface area is 454 Å². The van der Waals surface area contributed by atoms with Crippen LogP contribution in [0, 0.1) is 13.8 Å². The zero-order valence-corrected chi connectivity index (χ0v) is 43.8. The summed E-state index contributed by atoms with van der Waals surface area (Å²) in [6, 6.07) is 37.1. The first-order valence-corrected chi connectivity index (χ1v) is 26.3. The second-order valence-corrected chi connectivity index (χ2v) is 20.1. The van der Waals surface area contributed by atoms with Crippen molar-refractivity contribution in [3.63, 3.8) is 0 Å². The third-order valence-electron chi connectivity index (χ3n) is 15.2. The van der Waals surface area contributed by atoms with E-state index in [0.717, 1.165) is 127 Å². The van der Waals surface area contributed by atoms with Gasteiger partial charge in [0.1, 0.15) is 29.5 Å². The number of aryl methyl sites for hydroxylation is 1. The molecule has 1 aliphatic carbocycles. The van der Waals surface area contributed by atoms with Crippen molar-refractivity contribution in [3.05, 3.63) is 242 Å². The molecule has 0 saturated heterocycles. The molecule has 0 fully saturated rings. The topological polar surface area (TPSA) is 119 Å². The van der Waals surface area contributed by atoms with E-state index in [9.17, 15) is 0 Å². The molecule has 1 aliphatic rings. The average molecular weight is 1030 g/mol. The van der Waals surface area contributed by atoms with Crippen LogP contribution in [0.25, 0.3) is 122 Å². The van der Waals surface area contributed by atoms with Crippen LogP contribution in [0.4, 0.5) is 0 Å². The molecule has 0 spiro atoms. The molecule has 0 aliphatic heterocycles. The van der Waals surface area contributed by atoms with Crippen LogP contribution in [0.1, 0.15) is 48.6 Å². The van der Waals surface area contributed by atoms with Crippen molar-refractivity contribution in [2.75, 3.05) is 0 Å². The Hall–Kier alpha value is -10.4. The Morgan fingerprint density at radius 2 is 1.39 bits per heavy atom. The zero-order chi connectivity index (χ0) is 53.3. The number of oxazole rings is 2. The summed E-state index contributed by atoms with van der Waals surface area (Å²) >= 11 is 0. The number of hydrogen-bond acceptors (Lipinski definition) is 8. The predicted molar refractivity (Wildman–Crippen MR) is 318 cm³/mol. The summed E-state index contributed by atoms with van der Waals surface area (Å²) in [5, 5.41) is 6.33. The summed E-state index contributed by atoms with van der Waals surface area (Å²) in [6.07, 6.45) is 30.2. The van der Waals surface area contributed by atoms with Gasteiger partial charge in [0.2, 0.25) is 11.8 Å². The van der Waals surface area contributed by atoms with Crippen LogP contribution in [-0.4, -0.2) is 38.6 Å². The van der Waals surface area contributed by atoms with Gasteiger partial charge in [0, 0.05) is 113 Å². The van der Waals surface area contributed by atoms with Gasteiger partial charge in [0.05, 0.1) is 41.5 Å². The minimum absolute atomic E-state index is 0.239. The number of furan rings is 1. The summed E-state index contributed by atoms with van der Waals surface area (Å²) < 4.78 is 26.0. The van der Waals surface area contributed by atoms with Gasteiger partial charge in [-0.05, 0) is 129 Å². The van der Waals surface area contributed by atoms with Crippen LogP contribution in [0.3, 0.4) is 0 Å². The molecule has 5 aromatic carbocycles. The molecule has 0 radical (unpaired) electrons. The Morgan fingerprint density at radius 1 is 0.671 bits per heavy atom. The van der Waals surface area contributed by atoms with E-state index in [1.54, 1.807) is 24.9 Å². The van der Waals surface area contributed by atoms with Crippen molar-refractivity contribution >= 4 is 82.3 Å². The Balaban J connectivity index is 1.01. The van der Waals surface area contributed by atoms with E-state index in [2.05, 4.69) is 183 Å². The molecule has 14 rings (SSSR count). The van der Waals surface area contributed by atoms with E-state index in [-0.39, 0.29) is 6.04 Å². The maximum Gasteiger partial charge on any atom is 0.225 e. The van der Waals surface area contributed by atoms with Gasteiger partial charge in [0.25, 0.3) is 0 Å². The van der Waals surface area contributed by atoms with Gasteiger partial charge in [-0.1, -0.05) is 73.4 Å². The summed E-state index contributed by atoms with van der Waals surface area (Å²) in [5.74, 6) is 1.98. The second-order valence-electron chi connectivity index (χ2n) is 20.1. The fourth-order valence-electron chi connectivity index (χ4n) is 11.5. The van der Waals surface area contributed by atoms with Crippen molar-refractivity contribution in [2.45, 2.75) is 40.3 Å². The predicted octanol–water partition coefficient (Wildman–Crippen LogP) is 17.0. The number of pyridine rings is 2. The first-order chi connectivity index (χ1) is 38.8. The van der Waals surface area contributed by atoms with E-state index in [0.29, 0.717) is 23.9 Å². The van der Waals surface area contributed by atoms with Crippen molar-refractivity contribution in [1.82, 2.24) is 38.6 Å². The van der Waals surface area contributed by atoms with Crippen LogP contribution in [0.15, 0.2) is 227 Å². The number of hydrogen-bond donors (Lipinski definition) is 0. The number of imidazole rings is 1. The normalized spacial score (nSPS) is 13.2. The van der Waals surface area contributed by atoms with Crippen LogP contribution in [0.5, 0.6) is 0 Å². The van der Waals surface area contributed by atoms with Gasteiger partial charge in [-0.25, -0.2) is 15.0 Å². The molecule has 0 amide bonds. The highest BCUT2D eigenvalue weighted by molar-refractivity contribution is 6.16. The second kappa shape index (κ2) is 19.0. The molecular weight excluding hydrogens is 977 g/mol. The summed E-state index contributed by atoms with van der Waals surface area (Å²) in [6.45, 7) is 13.3. The largest absolute Gasteiger partial charge is 0.455 e. The zero-order valence-electron chi connectivity index (χ0n) is 43.8. The molecule has 0 N–H and O–H groups in total. The highest BCUT2D eigenvalue weighted by atomic mass is 16.3. The quantitative estimate of drug-likeness (QED) is 0.0877. The lowest BCUT2D eigenvalue weighted by Crippen LogP contribution is -2.08. The molecular formula is C68H50N8O3. The molecule has 380 valence electrons. The molecule has 11 heteroatoms. The minimum atomic E-state index is 0.239. The Bertz CT molecular complexity index is 4750. The standard InChI is InChI=1S/C68H50N8O3/c1-6-7-13-44(66-73-42(4)43(5)75(66)41(2)3)24-29-74-60-19-11-10-18-52(60)57-34-45(20-21-61(57)74)50-35-55(46-14-8-9-15-48(32-46)67-71-27-30-77-67)64-58(36-50)59-38-51(76-62-39-69-25-22-53(62)54-23-26-70-40-63(54)76)37-56(65(59)79-64)47-16-12-17-49(33-47)68-72-28-31-78-68/h6-13,15-28,30-41H,1,29H2,2-5H3/b13-7-,44-24+. The van der Waals surface area contributed by atoms with Gasteiger partial charge in [-0.3, -0.25) is 9.97 Å². The first kappa shape index (κ1) is 47.1. The average Bonchev–Trinajstić information content (AvgIpc) is 4.33. The summed E-state index contributed by atoms with van der Waals surface area (Å²) in [5.41, 5.74) is 20.6. The van der Waals surface area contributed by atoms with Gasteiger partial charge < -0.3 is 27.0 Å². The highest BCUT2D eigenvalue weighted by Gasteiger charge is 2.24. The lowest BCUT2D eigenvalue weighted by atomic mass is 9.93. The van der Waals surface area contributed by atoms with Gasteiger partial charge in [-0.2, -0.15) is 0 Å². The maximum absolute atomic E-state index is 7.36. The smallest absolute Gasteiger partial charge is 0.225 e. The van der Waals surface area contributed by atoms with Gasteiger partial charge in [-0.15, -0.1) is 5.73 Å². The SMILES string of the molecule is C=C/C=C\C(=C/Cn1c2ccccc2c2cc(-c3cc(C4=C=CC=CC(c5ncco5)=C4)c4oc5c(-c6cccc(-c7ncco7)c6)cc(-n6c7cnccc7c7ccncc76)cc5c4c3)ccc21)c1nc(C)c(C)n1C(C)C. The number of nitrogens with zero attached hydrogens (tertiary/aromatic N) is 8. The number of fused-ring (bicyclic) bond motifs is 9. The van der Waals surface area contributed by atoms with Crippen molar-refractivity contribution in [2.24, 2.45) is 0 Å². The molecule has 8 heterocycles. The summed E-state index contributed by atoms with van der Waals surface area (Å²) in [7, 11) is 0. The van der Waals surface area contributed by atoms with Crippen molar-refractivity contribution in [3.8, 4) is 39.4 Å². The van der Waals surface area contributed by atoms with E-state index in [1.807, 2.05) is 67.3 Å². The molecule has 0 unspecified atom stereocenters. The van der Waals surface area contributed by atoms with Crippen LogP contribution < -0.4 is 0 Å². The summed E-state index contributed by atoms with van der Waals surface area (Å²) in [4.78, 5) is 23.4. The van der Waals surface area contributed by atoms with E-state index in [4.69, 9.17) is 18.2 Å². The molecule has 0 atom stereocenters. The van der Waals surface area contributed by atoms with Gasteiger partial charge >= 0.3 is 0 Å². The number of aromatic nitrogens is 8. The van der Waals surface area contributed by atoms with E-state index >= 15 is 0 Å². The van der Waals surface area contributed by atoms with Crippen LogP contribution in [0.2, 0.25) is 0 Å². The monoisotopic (exact) mass is 1030 g/mol. The fourth-order valence-corrected chi connectivity index (χ4v) is 11.5. The Kier molecular flexibility index (Phi) is 11.4. The number of benzene rings is 5. The number of rotatable bonds is 12. The minimum Gasteiger partial charge on any atom is -0.455 e. The van der Waals surface area contributed by atoms with Crippen LogP contribution >= 0.6 is 0 Å². The number of para-hydroxylation sites is 1. The van der Waals surface area contributed by atoms with E-state index < -0.39 is 0 Å². The highest BCUT2D eigenvalue weighted by Crippen LogP contribution is 2.45. The fraction of sp³-hybridized carbons (Fsp3) is 0.0882. The van der Waals surface area contributed by atoms with Crippen molar-refractivity contribution < 1.29 is 13.3 Å². The third kappa shape index (κ3) is 7.94. The van der Waals surface area contributed by atoms with Crippen LogP contribution in [-0.2, 0) is 6.54 Å². The molecule has 79 heavy (non-hydrogen) atoms. The first-order valence-electron chi connectivity index (χ1n) is 26.3. The Morgan fingerprint density at radius 3 is 2.16 bits per heavy atom. The molecule has 0 bridgehead atoms. The van der Waals surface area contributed by atoms with Gasteiger partial charge in [0.15, 0.2) is 0 Å². The number of allylic oxidation sites excluding steroid dienone is 10. The lowest BCUT2D eigenvalue weighted by Gasteiger charge is -2.15. The molecule has 8 aromatic heterocycles.